The van der Waals surface area contributed by atoms with Crippen molar-refractivity contribution in [2.24, 2.45) is 11.7 Å². The van der Waals surface area contributed by atoms with Gasteiger partial charge in [0.2, 0.25) is 0 Å². The standard InChI is InChI=1S/C15H32N2O/c1-2-3-4-7-12-18-13-17-11-6-5-8-15(16)14-9-10-14/h14-15,17H,2-13,16H2,1H3. The fourth-order valence-corrected chi connectivity index (χ4v) is 2.24. The summed E-state index contributed by atoms with van der Waals surface area (Å²) < 4.78 is 5.52. The van der Waals surface area contributed by atoms with Crippen LogP contribution in [0.25, 0.3) is 0 Å². The lowest BCUT2D eigenvalue weighted by molar-refractivity contribution is 0.112. The second kappa shape index (κ2) is 10.8. The number of hydrogen-bond donors (Lipinski definition) is 2. The molecule has 1 saturated carbocycles. The summed E-state index contributed by atoms with van der Waals surface area (Å²) in [6.07, 6.45) is 11.5. The molecule has 1 rings (SSSR count). The number of nitrogens with two attached hydrogens (primary N) is 1. The van der Waals surface area contributed by atoms with E-state index in [0.717, 1.165) is 19.1 Å². The van der Waals surface area contributed by atoms with Crippen molar-refractivity contribution in [3.8, 4) is 0 Å². The van der Waals surface area contributed by atoms with Crippen LogP contribution < -0.4 is 11.1 Å². The maximum Gasteiger partial charge on any atom is 0.0965 e. The Kier molecular flexibility index (Phi) is 9.54. The molecular formula is C15H32N2O. The third kappa shape index (κ3) is 8.90. The van der Waals surface area contributed by atoms with E-state index in [-0.39, 0.29) is 0 Å². The van der Waals surface area contributed by atoms with Gasteiger partial charge in [0.25, 0.3) is 0 Å². The SMILES string of the molecule is CCCCCCOCNCCCCC(N)C1CC1. The lowest BCUT2D eigenvalue weighted by Gasteiger charge is -2.10. The number of hydrogen-bond acceptors (Lipinski definition) is 3. The van der Waals surface area contributed by atoms with Gasteiger partial charge in [-0.2, -0.15) is 0 Å². The zero-order valence-electron chi connectivity index (χ0n) is 12.1. The quantitative estimate of drug-likeness (QED) is 0.393. The zero-order chi connectivity index (χ0) is 13.1. The van der Waals surface area contributed by atoms with Crippen molar-refractivity contribution in [2.75, 3.05) is 19.9 Å². The maximum atomic E-state index is 6.05. The van der Waals surface area contributed by atoms with E-state index in [1.165, 1.54) is 57.8 Å². The molecule has 0 saturated heterocycles. The zero-order valence-corrected chi connectivity index (χ0v) is 12.1. The van der Waals surface area contributed by atoms with Crippen molar-refractivity contribution in [1.82, 2.24) is 5.32 Å². The Hall–Kier alpha value is -0.120. The van der Waals surface area contributed by atoms with Gasteiger partial charge in [0.1, 0.15) is 0 Å². The predicted molar refractivity (Wildman–Crippen MR) is 77.5 cm³/mol. The van der Waals surface area contributed by atoms with Crippen LogP contribution in [-0.4, -0.2) is 25.9 Å². The molecule has 1 unspecified atom stereocenters. The van der Waals surface area contributed by atoms with Crippen LogP contribution in [0, 0.1) is 5.92 Å². The van der Waals surface area contributed by atoms with Gasteiger partial charge < -0.3 is 10.5 Å². The molecule has 1 aliphatic carbocycles. The van der Waals surface area contributed by atoms with Crippen LogP contribution in [0.4, 0.5) is 0 Å². The van der Waals surface area contributed by atoms with Gasteiger partial charge in [0, 0.05) is 12.6 Å². The van der Waals surface area contributed by atoms with E-state index in [1.807, 2.05) is 0 Å². The molecule has 1 aliphatic rings. The molecule has 3 N–H and O–H groups in total. The number of nitrogens with one attached hydrogen (secondary N) is 1. The van der Waals surface area contributed by atoms with E-state index in [2.05, 4.69) is 12.2 Å². The number of unbranched alkanes of at least 4 members (excludes halogenated alkanes) is 4. The van der Waals surface area contributed by atoms with Gasteiger partial charge >= 0.3 is 0 Å². The normalized spacial score (nSPS) is 17.0. The minimum absolute atomic E-state index is 0.472. The number of rotatable bonds is 13. The molecular weight excluding hydrogens is 224 g/mol. The number of ether oxygens (including phenoxy) is 1. The average molecular weight is 256 g/mol. The highest BCUT2D eigenvalue weighted by molar-refractivity contribution is 4.83. The third-order valence-electron chi connectivity index (χ3n) is 3.71. The van der Waals surface area contributed by atoms with Crippen molar-refractivity contribution in [1.29, 1.82) is 0 Å². The molecule has 18 heavy (non-hydrogen) atoms. The first-order chi connectivity index (χ1) is 8.84. The molecule has 1 atom stereocenters. The Labute approximate surface area is 113 Å². The Morgan fingerprint density at radius 1 is 1.17 bits per heavy atom. The Morgan fingerprint density at radius 3 is 2.72 bits per heavy atom. The summed E-state index contributed by atoms with van der Waals surface area (Å²) in [7, 11) is 0. The maximum absolute atomic E-state index is 6.05. The van der Waals surface area contributed by atoms with Gasteiger partial charge in [-0.25, -0.2) is 0 Å². The lowest BCUT2D eigenvalue weighted by atomic mass is 10.1. The van der Waals surface area contributed by atoms with E-state index >= 15 is 0 Å². The fourth-order valence-electron chi connectivity index (χ4n) is 2.24. The Bertz CT molecular complexity index is 183. The van der Waals surface area contributed by atoms with Crippen LogP contribution in [0.3, 0.4) is 0 Å². The van der Waals surface area contributed by atoms with E-state index < -0.39 is 0 Å². The summed E-state index contributed by atoms with van der Waals surface area (Å²) in [5, 5.41) is 3.33. The van der Waals surface area contributed by atoms with Gasteiger partial charge in [0.05, 0.1) is 6.73 Å². The van der Waals surface area contributed by atoms with Crippen LogP contribution in [0.15, 0.2) is 0 Å². The summed E-state index contributed by atoms with van der Waals surface area (Å²) in [5.41, 5.74) is 6.05. The molecule has 0 aromatic rings. The topological polar surface area (TPSA) is 47.3 Å². The molecule has 0 aromatic carbocycles. The van der Waals surface area contributed by atoms with E-state index in [1.54, 1.807) is 0 Å². The van der Waals surface area contributed by atoms with Crippen LogP contribution in [0.1, 0.15) is 64.7 Å². The van der Waals surface area contributed by atoms with Crippen molar-refractivity contribution < 1.29 is 4.74 Å². The second-order valence-corrected chi connectivity index (χ2v) is 5.61. The van der Waals surface area contributed by atoms with Gasteiger partial charge in [-0.05, 0) is 44.6 Å². The van der Waals surface area contributed by atoms with Crippen LogP contribution in [0.2, 0.25) is 0 Å². The molecule has 3 heteroatoms. The molecule has 3 nitrogen and oxygen atoms in total. The van der Waals surface area contributed by atoms with Crippen LogP contribution >= 0.6 is 0 Å². The van der Waals surface area contributed by atoms with E-state index in [9.17, 15) is 0 Å². The second-order valence-electron chi connectivity index (χ2n) is 5.61. The van der Waals surface area contributed by atoms with Gasteiger partial charge in [-0.15, -0.1) is 0 Å². The van der Waals surface area contributed by atoms with Crippen LogP contribution in [-0.2, 0) is 4.74 Å². The molecule has 0 radical (unpaired) electrons. The molecule has 108 valence electrons. The molecule has 0 aromatic heterocycles. The monoisotopic (exact) mass is 256 g/mol. The summed E-state index contributed by atoms with van der Waals surface area (Å²) in [6.45, 7) is 4.91. The minimum atomic E-state index is 0.472. The Balaban J connectivity index is 1.68. The average Bonchev–Trinajstić information content (AvgIpc) is 3.20. The van der Waals surface area contributed by atoms with E-state index in [4.69, 9.17) is 10.5 Å². The van der Waals surface area contributed by atoms with Crippen molar-refractivity contribution in [3.63, 3.8) is 0 Å². The molecule has 0 spiro atoms. The summed E-state index contributed by atoms with van der Waals surface area (Å²) in [6, 6.07) is 0.472. The lowest BCUT2D eigenvalue weighted by Crippen LogP contribution is -2.23. The van der Waals surface area contributed by atoms with Gasteiger partial charge in [-0.1, -0.05) is 32.6 Å². The molecule has 0 bridgehead atoms. The highest BCUT2D eigenvalue weighted by Gasteiger charge is 2.27. The third-order valence-corrected chi connectivity index (χ3v) is 3.71. The molecule has 0 aliphatic heterocycles. The summed E-state index contributed by atoms with van der Waals surface area (Å²) >= 11 is 0. The smallest absolute Gasteiger partial charge is 0.0965 e. The van der Waals surface area contributed by atoms with Gasteiger partial charge in [0.15, 0.2) is 0 Å². The van der Waals surface area contributed by atoms with E-state index in [0.29, 0.717) is 12.8 Å². The van der Waals surface area contributed by atoms with Crippen LogP contribution in [0.5, 0.6) is 0 Å². The van der Waals surface area contributed by atoms with Crippen molar-refractivity contribution in [3.05, 3.63) is 0 Å². The molecule has 1 fully saturated rings. The first-order valence-electron chi connectivity index (χ1n) is 7.88. The Morgan fingerprint density at radius 2 is 2.00 bits per heavy atom. The largest absolute Gasteiger partial charge is 0.366 e. The summed E-state index contributed by atoms with van der Waals surface area (Å²) in [4.78, 5) is 0. The first kappa shape index (κ1) is 15.9. The molecule has 0 amide bonds. The predicted octanol–water partition coefficient (Wildman–Crippen LogP) is 3.04. The van der Waals surface area contributed by atoms with Crippen molar-refractivity contribution in [2.45, 2.75) is 70.8 Å². The van der Waals surface area contributed by atoms with Crippen molar-refractivity contribution >= 4 is 0 Å². The minimum Gasteiger partial charge on any atom is -0.366 e. The first-order valence-corrected chi connectivity index (χ1v) is 7.88. The highest BCUT2D eigenvalue weighted by Crippen LogP contribution is 2.33. The van der Waals surface area contributed by atoms with Gasteiger partial charge in [-0.3, -0.25) is 5.32 Å². The fraction of sp³-hybridized carbons (Fsp3) is 1.00. The molecule has 0 heterocycles. The highest BCUT2D eigenvalue weighted by atomic mass is 16.5. The summed E-state index contributed by atoms with van der Waals surface area (Å²) in [5.74, 6) is 0.851.